The summed E-state index contributed by atoms with van der Waals surface area (Å²) in [6.45, 7) is 6.05. The Morgan fingerprint density at radius 1 is 1.35 bits per heavy atom. The topological polar surface area (TPSA) is 41.6 Å². The molecular formula is C16H28N2O2. The molecule has 4 heteroatoms. The number of ether oxygens (including phenoxy) is 1. The maximum absolute atomic E-state index is 13.0. The van der Waals surface area contributed by atoms with Gasteiger partial charge in [0.1, 0.15) is 0 Å². The van der Waals surface area contributed by atoms with Gasteiger partial charge in [-0.2, -0.15) is 0 Å². The third kappa shape index (κ3) is 2.48. The van der Waals surface area contributed by atoms with Crippen molar-refractivity contribution in [3.05, 3.63) is 0 Å². The van der Waals surface area contributed by atoms with Crippen LogP contribution >= 0.6 is 0 Å². The Kier molecular flexibility index (Phi) is 4.04. The van der Waals surface area contributed by atoms with Gasteiger partial charge >= 0.3 is 0 Å². The van der Waals surface area contributed by atoms with Gasteiger partial charge in [-0.25, -0.2) is 0 Å². The van der Waals surface area contributed by atoms with Gasteiger partial charge < -0.3 is 9.64 Å². The van der Waals surface area contributed by atoms with Crippen LogP contribution in [0.25, 0.3) is 0 Å². The molecule has 3 fully saturated rings. The first kappa shape index (κ1) is 14.3. The Balaban J connectivity index is 1.80. The van der Waals surface area contributed by atoms with E-state index in [0.717, 1.165) is 45.3 Å². The molecule has 2 atom stereocenters. The van der Waals surface area contributed by atoms with E-state index < -0.39 is 0 Å². The molecule has 2 unspecified atom stereocenters. The normalized spacial score (nSPS) is 33.5. The van der Waals surface area contributed by atoms with Crippen molar-refractivity contribution < 1.29 is 9.53 Å². The lowest BCUT2D eigenvalue weighted by atomic mass is 9.97. The fourth-order valence-electron chi connectivity index (χ4n) is 4.16. The zero-order valence-corrected chi connectivity index (χ0v) is 12.9. The Morgan fingerprint density at radius 3 is 2.70 bits per heavy atom. The minimum absolute atomic E-state index is 0.215. The highest BCUT2D eigenvalue weighted by Crippen LogP contribution is 2.39. The highest BCUT2D eigenvalue weighted by Gasteiger charge is 2.53. The molecule has 0 bridgehead atoms. The van der Waals surface area contributed by atoms with Crippen LogP contribution in [-0.4, -0.2) is 41.8 Å². The maximum atomic E-state index is 13.0. The average Bonchev–Trinajstić information content (AvgIpc) is 2.98. The van der Waals surface area contributed by atoms with E-state index in [4.69, 9.17) is 4.74 Å². The van der Waals surface area contributed by atoms with Crippen LogP contribution in [0.4, 0.5) is 0 Å². The van der Waals surface area contributed by atoms with E-state index in [9.17, 15) is 4.79 Å². The fourth-order valence-corrected chi connectivity index (χ4v) is 4.16. The van der Waals surface area contributed by atoms with E-state index in [2.05, 4.69) is 24.1 Å². The third-order valence-corrected chi connectivity index (χ3v) is 5.10. The zero-order valence-electron chi connectivity index (χ0n) is 12.9. The second kappa shape index (κ2) is 5.64. The van der Waals surface area contributed by atoms with Crippen molar-refractivity contribution in [2.75, 3.05) is 13.2 Å². The van der Waals surface area contributed by atoms with Crippen LogP contribution in [-0.2, 0) is 9.53 Å². The summed E-state index contributed by atoms with van der Waals surface area (Å²) in [7, 11) is 0. The van der Waals surface area contributed by atoms with E-state index in [1.54, 1.807) is 0 Å². The van der Waals surface area contributed by atoms with E-state index in [-0.39, 0.29) is 17.7 Å². The average molecular weight is 280 g/mol. The molecule has 0 aromatic heterocycles. The molecule has 0 aromatic carbocycles. The molecule has 1 amide bonds. The van der Waals surface area contributed by atoms with Crippen molar-refractivity contribution in [1.82, 2.24) is 10.2 Å². The molecule has 3 rings (SSSR count). The quantitative estimate of drug-likeness (QED) is 0.862. The van der Waals surface area contributed by atoms with Gasteiger partial charge in [0.2, 0.25) is 5.91 Å². The molecule has 114 valence electrons. The van der Waals surface area contributed by atoms with E-state index in [0.29, 0.717) is 11.8 Å². The summed E-state index contributed by atoms with van der Waals surface area (Å²) in [6.07, 6.45) is 7.84. The monoisotopic (exact) mass is 280 g/mol. The molecule has 1 N–H and O–H groups in total. The molecule has 3 aliphatic rings. The smallest absolute Gasteiger partial charge is 0.244 e. The van der Waals surface area contributed by atoms with Gasteiger partial charge in [-0.3, -0.25) is 10.1 Å². The van der Waals surface area contributed by atoms with E-state index in [1.165, 1.54) is 12.8 Å². The van der Waals surface area contributed by atoms with Gasteiger partial charge in [-0.05, 0) is 38.0 Å². The van der Waals surface area contributed by atoms with Crippen LogP contribution in [0.15, 0.2) is 0 Å². The van der Waals surface area contributed by atoms with Crippen LogP contribution < -0.4 is 5.32 Å². The molecule has 1 spiro atoms. The van der Waals surface area contributed by atoms with Crippen LogP contribution in [0.5, 0.6) is 0 Å². The lowest BCUT2D eigenvalue weighted by Crippen LogP contribution is -2.49. The van der Waals surface area contributed by atoms with E-state index >= 15 is 0 Å². The Bertz CT molecular complexity index is 357. The van der Waals surface area contributed by atoms with Gasteiger partial charge in [0.05, 0.1) is 24.4 Å². The van der Waals surface area contributed by atoms with Gasteiger partial charge in [-0.1, -0.05) is 26.7 Å². The molecule has 1 aliphatic carbocycles. The summed E-state index contributed by atoms with van der Waals surface area (Å²) in [5, 5.41) is 3.72. The Hall–Kier alpha value is -0.610. The van der Waals surface area contributed by atoms with Crippen molar-refractivity contribution in [3.63, 3.8) is 0 Å². The molecule has 2 heterocycles. The number of carbonyl (C=O) groups excluding carboxylic acids is 1. The van der Waals surface area contributed by atoms with E-state index in [1.807, 2.05) is 0 Å². The van der Waals surface area contributed by atoms with Gasteiger partial charge in [0, 0.05) is 6.61 Å². The molecule has 20 heavy (non-hydrogen) atoms. The molecule has 2 saturated heterocycles. The van der Waals surface area contributed by atoms with Gasteiger partial charge in [0.15, 0.2) is 0 Å². The summed E-state index contributed by atoms with van der Waals surface area (Å²) < 4.78 is 5.63. The molecular weight excluding hydrogens is 252 g/mol. The van der Waals surface area contributed by atoms with Gasteiger partial charge in [0.25, 0.3) is 0 Å². The third-order valence-electron chi connectivity index (χ3n) is 5.10. The first-order chi connectivity index (χ1) is 9.62. The minimum atomic E-state index is -0.239. The summed E-state index contributed by atoms with van der Waals surface area (Å²) in [5.41, 5.74) is -0.239. The zero-order chi connectivity index (χ0) is 14.2. The van der Waals surface area contributed by atoms with Crippen LogP contribution in [0.1, 0.15) is 58.8 Å². The summed E-state index contributed by atoms with van der Waals surface area (Å²) in [5.74, 6) is 0.958. The van der Waals surface area contributed by atoms with Crippen LogP contribution in [0, 0.1) is 5.92 Å². The predicted octanol–water partition coefficient (Wildman–Crippen LogP) is 2.28. The second-order valence-corrected chi connectivity index (χ2v) is 7.16. The molecule has 4 nitrogen and oxygen atoms in total. The van der Waals surface area contributed by atoms with Gasteiger partial charge in [-0.15, -0.1) is 0 Å². The SMILES string of the molecule is CC(C)CC1NC2(CCCC2)C(=O)N1C1CCCOC1. The minimum Gasteiger partial charge on any atom is -0.379 e. The second-order valence-electron chi connectivity index (χ2n) is 7.16. The first-order valence-corrected chi connectivity index (χ1v) is 8.30. The summed E-state index contributed by atoms with van der Waals surface area (Å²) in [6, 6.07) is 0.285. The fraction of sp³-hybridized carbons (Fsp3) is 0.938. The highest BCUT2D eigenvalue weighted by atomic mass is 16.5. The molecule has 0 radical (unpaired) electrons. The van der Waals surface area contributed by atoms with Crippen molar-refractivity contribution in [2.45, 2.75) is 76.5 Å². The molecule has 0 aromatic rings. The van der Waals surface area contributed by atoms with Crippen molar-refractivity contribution in [2.24, 2.45) is 5.92 Å². The lowest BCUT2D eigenvalue weighted by molar-refractivity contribution is -0.138. The number of nitrogens with one attached hydrogen (secondary N) is 1. The van der Waals surface area contributed by atoms with Crippen LogP contribution in [0.2, 0.25) is 0 Å². The van der Waals surface area contributed by atoms with Crippen molar-refractivity contribution in [1.29, 1.82) is 0 Å². The number of rotatable bonds is 3. The maximum Gasteiger partial charge on any atom is 0.244 e. The Labute approximate surface area is 122 Å². The summed E-state index contributed by atoms with van der Waals surface area (Å²) >= 11 is 0. The lowest BCUT2D eigenvalue weighted by Gasteiger charge is -2.35. The number of carbonyl (C=O) groups is 1. The van der Waals surface area contributed by atoms with Crippen molar-refractivity contribution >= 4 is 5.91 Å². The number of hydrogen-bond acceptors (Lipinski definition) is 3. The number of amides is 1. The predicted molar refractivity (Wildman–Crippen MR) is 78.3 cm³/mol. The Morgan fingerprint density at radius 2 is 2.10 bits per heavy atom. The highest BCUT2D eigenvalue weighted by molar-refractivity contribution is 5.89. The summed E-state index contributed by atoms with van der Waals surface area (Å²) in [4.78, 5) is 15.2. The number of nitrogens with zero attached hydrogens (tertiary/aromatic N) is 1. The molecule has 1 saturated carbocycles. The number of hydrogen-bond donors (Lipinski definition) is 1. The molecule has 2 aliphatic heterocycles. The largest absolute Gasteiger partial charge is 0.379 e. The van der Waals surface area contributed by atoms with Crippen LogP contribution in [0.3, 0.4) is 0 Å². The van der Waals surface area contributed by atoms with Crippen molar-refractivity contribution in [3.8, 4) is 0 Å². The standard InChI is InChI=1S/C16H28N2O2/c1-12(2)10-14-17-16(7-3-4-8-16)15(19)18(14)13-6-5-9-20-11-13/h12-14,17H,3-11H2,1-2H3. The first-order valence-electron chi connectivity index (χ1n) is 8.30.